The van der Waals surface area contributed by atoms with Gasteiger partial charge in [0, 0.05) is 32.7 Å². The lowest BCUT2D eigenvalue weighted by Gasteiger charge is -2.33. The summed E-state index contributed by atoms with van der Waals surface area (Å²) in [4.78, 5) is 0. The van der Waals surface area contributed by atoms with Crippen molar-refractivity contribution in [1.82, 2.24) is 4.57 Å². The zero-order valence-electron chi connectivity index (χ0n) is 21.4. The Labute approximate surface area is 229 Å². The minimum absolute atomic E-state index is 0.107. The molecule has 40 heavy (non-hydrogen) atoms. The molecule has 184 valence electrons. The van der Waals surface area contributed by atoms with Crippen molar-refractivity contribution in [2.75, 3.05) is 0 Å². The average Bonchev–Trinajstić information content (AvgIpc) is 3.56. The molecule has 2 aliphatic heterocycles. The Morgan fingerprint density at radius 2 is 1.38 bits per heavy atom. The van der Waals surface area contributed by atoms with Gasteiger partial charge in [0.15, 0.2) is 0 Å². The van der Waals surface area contributed by atoms with Crippen LogP contribution in [0.4, 0.5) is 0 Å². The lowest BCUT2D eigenvalue weighted by atomic mass is 9.34. The molecule has 3 nitrogen and oxygen atoms in total. The number of ether oxygens (including phenoxy) is 1. The molecule has 0 saturated carbocycles. The number of benzene rings is 6. The normalized spacial score (nSPS) is 13.2. The molecule has 0 unspecified atom stereocenters. The van der Waals surface area contributed by atoms with E-state index in [-0.39, 0.29) is 6.71 Å². The van der Waals surface area contributed by atoms with Gasteiger partial charge in [0.1, 0.15) is 22.7 Å². The first-order chi connectivity index (χ1) is 19.8. The van der Waals surface area contributed by atoms with Crippen molar-refractivity contribution >= 4 is 66.8 Å². The van der Waals surface area contributed by atoms with Gasteiger partial charge in [0.05, 0.1) is 5.52 Å². The molecular weight excluding hydrogens is 489 g/mol. The summed E-state index contributed by atoms with van der Waals surface area (Å²) in [5.74, 6) is 1.85. The molecule has 0 aliphatic carbocycles. The molecule has 0 saturated heterocycles. The first-order valence-electron chi connectivity index (χ1n) is 13.7. The number of fused-ring (bicyclic) bond motifs is 10. The van der Waals surface area contributed by atoms with E-state index in [1.54, 1.807) is 0 Å². The van der Waals surface area contributed by atoms with E-state index in [4.69, 9.17) is 9.15 Å². The minimum Gasteiger partial charge on any atom is -0.458 e. The minimum atomic E-state index is 0.107. The fraction of sp³-hybridized carbons (Fsp3) is 0. The van der Waals surface area contributed by atoms with Crippen LogP contribution in [0.25, 0.3) is 60.6 Å². The van der Waals surface area contributed by atoms with Crippen LogP contribution in [0.5, 0.6) is 11.5 Å². The van der Waals surface area contributed by atoms with Crippen LogP contribution in [0.3, 0.4) is 0 Å². The van der Waals surface area contributed by atoms with Crippen molar-refractivity contribution in [1.29, 1.82) is 0 Å². The van der Waals surface area contributed by atoms with Crippen molar-refractivity contribution in [3.63, 3.8) is 0 Å². The van der Waals surface area contributed by atoms with Crippen LogP contribution in [-0.4, -0.2) is 11.3 Å². The monoisotopic (exact) mass is 509 g/mol. The highest BCUT2D eigenvalue weighted by Gasteiger charge is 2.40. The molecule has 0 atom stereocenters. The first kappa shape index (κ1) is 20.7. The van der Waals surface area contributed by atoms with E-state index in [0.717, 1.165) is 44.6 Å². The number of hydrogen-bond donors (Lipinski definition) is 0. The molecule has 0 bridgehead atoms. The van der Waals surface area contributed by atoms with Crippen molar-refractivity contribution in [3.8, 4) is 28.3 Å². The van der Waals surface area contributed by atoms with E-state index in [1.807, 2.05) is 18.2 Å². The molecule has 10 rings (SSSR count). The van der Waals surface area contributed by atoms with E-state index >= 15 is 0 Å². The van der Waals surface area contributed by atoms with Crippen LogP contribution in [0, 0.1) is 0 Å². The molecule has 0 spiro atoms. The molecule has 4 heteroatoms. The maximum Gasteiger partial charge on any atom is 0.256 e. The number of para-hydroxylation sites is 3. The van der Waals surface area contributed by atoms with E-state index in [2.05, 4.69) is 108 Å². The zero-order valence-corrected chi connectivity index (χ0v) is 21.4. The Hall–Kier alpha value is -5.22. The molecule has 0 N–H and O–H groups in total. The fourth-order valence-electron chi connectivity index (χ4n) is 7.28. The second kappa shape index (κ2) is 7.25. The maximum absolute atomic E-state index is 6.73. The van der Waals surface area contributed by atoms with Crippen molar-refractivity contribution < 1.29 is 9.15 Å². The van der Waals surface area contributed by atoms with Crippen LogP contribution < -0.4 is 21.1 Å². The van der Waals surface area contributed by atoms with E-state index in [1.165, 1.54) is 43.9 Å². The summed E-state index contributed by atoms with van der Waals surface area (Å²) in [5.41, 5.74) is 11.6. The number of nitrogens with zero attached hydrogens (tertiary/aromatic N) is 1. The highest BCUT2D eigenvalue weighted by molar-refractivity contribution is 6.99. The molecule has 0 amide bonds. The summed E-state index contributed by atoms with van der Waals surface area (Å²) < 4.78 is 15.3. The summed E-state index contributed by atoms with van der Waals surface area (Å²) in [6, 6.07) is 43.2. The van der Waals surface area contributed by atoms with Crippen LogP contribution >= 0.6 is 0 Å². The zero-order chi connectivity index (χ0) is 25.9. The van der Waals surface area contributed by atoms with Gasteiger partial charge in [-0.25, -0.2) is 0 Å². The van der Waals surface area contributed by atoms with Gasteiger partial charge < -0.3 is 13.7 Å². The molecule has 0 fully saturated rings. The van der Waals surface area contributed by atoms with Gasteiger partial charge in [0.25, 0.3) is 6.71 Å². The van der Waals surface area contributed by atoms with Gasteiger partial charge in [-0.3, -0.25) is 0 Å². The summed E-state index contributed by atoms with van der Waals surface area (Å²) in [6.45, 7) is 0.107. The standard InChI is InChI=1S/C36H20BNO2/c1-3-13-28-23(8-1)24-11-5-12-27-36(24)38(28)29-14-7-17-32-35(29)37(27)26-19-18-21(20-33(26)40-32)22-10-6-16-31-34(22)25-9-2-4-15-30(25)39-31/h1-20H. The Kier molecular flexibility index (Phi) is 3.75. The van der Waals surface area contributed by atoms with Crippen LogP contribution in [-0.2, 0) is 0 Å². The van der Waals surface area contributed by atoms with Crippen molar-refractivity contribution in [3.05, 3.63) is 121 Å². The summed E-state index contributed by atoms with van der Waals surface area (Å²) in [5, 5.41) is 4.86. The van der Waals surface area contributed by atoms with Gasteiger partial charge in [-0.15, -0.1) is 0 Å². The molecule has 8 aromatic rings. The molecule has 2 aromatic heterocycles. The molecule has 0 radical (unpaired) electrons. The first-order valence-corrected chi connectivity index (χ1v) is 13.7. The van der Waals surface area contributed by atoms with Gasteiger partial charge in [-0.1, -0.05) is 84.9 Å². The van der Waals surface area contributed by atoms with Crippen molar-refractivity contribution in [2.45, 2.75) is 0 Å². The predicted molar refractivity (Wildman–Crippen MR) is 165 cm³/mol. The Bertz CT molecular complexity index is 2380. The van der Waals surface area contributed by atoms with Crippen LogP contribution in [0.2, 0.25) is 0 Å². The summed E-state index contributed by atoms with van der Waals surface area (Å²) >= 11 is 0. The third-order valence-electron chi connectivity index (χ3n) is 8.87. The SMILES string of the molecule is c1cc2c3c(c1)-n1c4ccccc4c4cccc(c41)B3c1ccc(-c3cccc4oc5ccccc5c34)cc1O2. The number of aromatic nitrogens is 1. The number of hydrogen-bond acceptors (Lipinski definition) is 2. The smallest absolute Gasteiger partial charge is 0.256 e. The lowest BCUT2D eigenvalue weighted by Crippen LogP contribution is -2.58. The third-order valence-corrected chi connectivity index (χ3v) is 8.87. The molecular formula is C36H20BNO2. The highest BCUT2D eigenvalue weighted by Crippen LogP contribution is 2.40. The van der Waals surface area contributed by atoms with Gasteiger partial charge >= 0.3 is 0 Å². The largest absolute Gasteiger partial charge is 0.458 e. The van der Waals surface area contributed by atoms with E-state index in [9.17, 15) is 0 Å². The van der Waals surface area contributed by atoms with E-state index < -0.39 is 0 Å². The topological polar surface area (TPSA) is 27.3 Å². The van der Waals surface area contributed by atoms with Gasteiger partial charge in [-0.2, -0.15) is 0 Å². The Morgan fingerprint density at radius 1 is 0.575 bits per heavy atom. The average molecular weight is 509 g/mol. The third kappa shape index (κ3) is 2.47. The molecule has 2 aliphatic rings. The number of rotatable bonds is 1. The van der Waals surface area contributed by atoms with Crippen molar-refractivity contribution in [2.24, 2.45) is 0 Å². The lowest BCUT2D eigenvalue weighted by molar-refractivity contribution is 0.487. The highest BCUT2D eigenvalue weighted by atomic mass is 16.5. The second-order valence-corrected chi connectivity index (χ2v) is 10.8. The van der Waals surface area contributed by atoms with Crippen LogP contribution in [0.15, 0.2) is 126 Å². The summed E-state index contributed by atoms with van der Waals surface area (Å²) in [7, 11) is 0. The summed E-state index contributed by atoms with van der Waals surface area (Å²) in [6.07, 6.45) is 0. The van der Waals surface area contributed by atoms with Crippen LogP contribution in [0.1, 0.15) is 0 Å². The Balaban J connectivity index is 1.25. The van der Waals surface area contributed by atoms with Gasteiger partial charge in [0.2, 0.25) is 0 Å². The second-order valence-electron chi connectivity index (χ2n) is 10.8. The molecule has 6 aromatic carbocycles. The number of furan rings is 1. The quantitative estimate of drug-likeness (QED) is 0.218. The van der Waals surface area contributed by atoms with E-state index in [0.29, 0.717) is 0 Å². The predicted octanol–water partition coefficient (Wildman–Crippen LogP) is 7.29. The maximum atomic E-state index is 6.73. The van der Waals surface area contributed by atoms with Gasteiger partial charge in [-0.05, 0) is 63.9 Å². The molecule has 4 heterocycles. The fourth-order valence-corrected chi connectivity index (χ4v) is 7.28. The Morgan fingerprint density at radius 3 is 2.35 bits per heavy atom.